The lowest BCUT2D eigenvalue weighted by Gasteiger charge is -2.32. The number of alkyl carbamates (subject to hydrolysis) is 1. The van der Waals surface area contributed by atoms with Crippen LogP contribution in [0.4, 0.5) is 15.3 Å². The molecule has 3 aromatic rings. The standard InChI is InChI=1S/C40H52N6O8/c1-27-16-12-13-21-30(27)44-38(51)42-23-15-14-22-31(45-39(52)54-40(2,3)4)37(50)46(5)33(25-34(47)53-26-29-19-10-7-11-20-29)36(49)43-32(35(41)48)24-28-17-8-6-9-18-28/h6-13,16-21,31-33H,14-15,22-26H2,1-5H3,(H2,41,48)(H,43,49)(H,45,52)(H2,42,44,51)/t31-,32-,33-/m0/s1. The molecule has 0 spiro atoms. The molecule has 14 nitrogen and oxygen atoms in total. The highest BCUT2D eigenvalue weighted by molar-refractivity contribution is 5.95. The number of urea groups is 1. The Morgan fingerprint density at radius 2 is 1.41 bits per heavy atom. The number of amides is 6. The number of hydrogen-bond donors (Lipinski definition) is 5. The van der Waals surface area contributed by atoms with Crippen molar-refractivity contribution in [1.29, 1.82) is 0 Å². The number of nitrogens with zero attached hydrogens (tertiary/aromatic N) is 1. The van der Waals surface area contributed by atoms with Crippen molar-refractivity contribution < 1.29 is 38.2 Å². The van der Waals surface area contributed by atoms with Crippen LogP contribution >= 0.6 is 0 Å². The van der Waals surface area contributed by atoms with E-state index in [1.165, 1.54) is 7.05 Å². The predicted molar refractivity (Wildman–Crippen MR) is 204 cm³/mol. The van der Waals surface area contributed by atoms with Crippen molar-refractivity contribution in [2.75, 3.05) is 18.9 Å². The predicted octanol–water partition coefficient (Wildman–Crippen LogP) is 4.35. The van der Waals surface area contributed by atoms with Gasteiger partial charge in [-0.15, -0.1) is 0 Å². The summed E-state index contributed by atoms with van der Waals surface area (Å²) in [5.41, 5.74) is 7.82. The lowest BCUT2D eigenvalue weighted by molar-refractivity contribution is -0.151. The maximum Gasteiger partial charge on any atom is 0.408 e. The summed E-state index contributed by atoms with van der Waals surface area (Å²) < 4.78 is 10.9. The van der Waals surface area contributed by atoms with Crippen molar-refractivity contribution in [3.8, 4) is 0 Å². The Labute approximate surface area is 316 Å². The van der Waals surface area contributed by atoms with Crippen molar-refractivity contribution in [1.82, 2.24) is 20.9 Å². The van der Waals surface area contributed by atoms with E-state index in [4.69, 9.17) is 15.2 Å². The molecule has 3 aromatic carbocycles. The minimum atomic E-state index is -1.45. The van der Waals surface area contributed by atoms with Gasteiger partial charge in [0.1, 0.15) is 30.3 Å². The van der Waals surface area contributed by atoms with E-state index in [9.17, 15) is 28.8 Å². The largest absolute Gasteiger partial charge is 0.461 e. The Hall–Kier alpha value is -5.92. The molecule has 0 saturated carbocycles. The molecule has 0 bridgehead atoms. The van der Waals surface area contributed by atoms with E-state index >= 15 is 0 Å². The molecule has 6 amide bonds. The number of likely N-dealkylation sites (N-methyl/N-ethyl adjacent to an activating group) is 1. The second kappa shape index (κ2) is 20.9. The molecule has 0 unspecified atom stereocenters. The van der Waals surface area contributed by atoms with Crippen LogP contribution in [0.1, 0.15) is 63.1 Å². The van der Waals surface area contributed by atoms with Gasteiger partial charge in [0.2, 0.25) is 17.7 Å². The van der Waals surface area contributed by atoms with E-state index in [0.29, 0.717) is 18.5 Å². The van der Waals surface area contributed by atoms with Crippen molar-refractivity contribution in [2.24, 2.45) is 5.73 Å². The molecule has 0 aliphatic heterocycles. The van der Waals surface area contributed by atoms with Crippen LogP contribution in [0.15, 0.2) is 84.9 Å². The third-order valence-corrected chi connectivity index (χ3v) is 8.25. The lowest BCUT2D eigenvalue weighted by atomic mass is 10.0. The van der Waals surface area contributed by atoms with E-state index in [0.717, 1.165) is 21.6 Å². The quantitative estimate of drug-likeness (QED) is 0.0936. The maximum atomic E-state index is 14.1. The number of ether oxygens (including phenoxy) is 2. The first-order valence-corrected chi connectivity index (χ1v) is 17.8. The molecular weight excluding hydrogens is 692 g/mol. The Morgan fingerprint density at radius 3 is 2.02 bits per heavy atom. The van der Waals surface area contributed by atoms with Gasteiger partial charge in [-0.2, -0.15) is 0 Å². The normalized spacial score (nSPS) is 12.6. The van der Waals surface area contributed by atoms with E-state index in [1.807, 2.05) is 31.2 Å². The number of para-hydroxylation sites is 1. The Kier molecular flexibility index (Phi) is 16.5. The van der Waals surface area contributed by atoms with Crippen LogP contribution in [-0.4, -0.2) is 78.0 Å². The summed E-state index contributed by atoms with van der Waals surface area (Å²) in [5, 5.41) is 10.8. The third-order valence-electron chi connectivity index (χ3n) is 8.25. The van der Waals surface area contributed by atoms with Crippen molar-refractivity contribution in [2.45, 2.75) is 90.1 Å². The van der Waals surface area contributed by atoms with Crippen LogP contribution in [-0.2, 0) is 41.7 Å². The number of carbonyl (C=O) groups is 6. The molecule has 0 aliphatic rings. The number of primary amides is 1. The SMILES string of the molecule is Cc1ccccc1NC(=O)NCCCC[C@H](NC(=O)OC(C)(C)C)C(=O)N(C)[C@@H](CC(=O)OCc1ccccc1)C(=O)N[C@@H](Cc1ccccc1)C(N)=O. The number of anilines is 1. The summed E-state index contributed by atoms with van der Waals surface area (Å²) in [6.07, 6.45) is -0.415. The average molecular weight is 745 g/mol. The Morgan fingerprint density at radius 1 is 0.796 bits per heavy atom. The molecule has 54 heavy (non-hydrogen) atoms. The molecule has 0 aromatic heterocycles. The number of aryl methyl sites for hydroxylation is 1. The number of hydrogen-bond acceptors (Lipinski definition) is 8. The second-order valence-electron chi connectivity index (χ2n) is 13.9. The summed E-state index contributed by atoms with van der Waals surface area (Å²) in [4.78, 5) is 80.0. The number of nitrogens with two attached hydrogens (primary N) is 1. The van der Waals surface area contributed by atoms with Gasteiger partial charge >= 0.3 is 18.1 Å². The second-order valence-corrected chi connectivity index (χ2v) is 13.9. The maximum absolute atomic E-state index is 14.1. The fourth-order valence-electron chi connectivity index (χ4n) is 5.36. The summed E-state index contributed by atoms with van der Waals surface area (Å²) in [6.45, 7) is 7.11. The van der Waals surface area contributed by atoms with Crippen LogP contribution in [0.2, 0.25) is 0 Å². The molecule has 290 valence electrons. The molecule has 0 aliphatic carbocycles. The summed E-state index contributed by atoms with van der Waals surface area (Å²) in [7, 11) is 1.33. The molecule has 0 heterocycles. The molecule has 14 heteroatoms. The molecule has 0 fully saturated rings. The first-order chi connectivity index (χ1) is 25.6. The Balaban J connectivity index is 1.76. The highest BCUT2D eigenvalue weighted by atomic mass is 16.6. The smallest absolute Gasteiger partial charge is 0.408 e. The highest BCUT2D eigenvalue weighted by Gasteiger charge is 2.36. The molecule has 0 saturated heterocycles. The van der Waals surface area contributed by atoms with E-state index in [-0.39, 0.29) is 26.0 Å². The van der Waals surface area contributed by atoms with Crippen LogP contribution in [0.5, 0.6) is 0 Å². The number of rotatable bonds is 18. The van der Waals surface area contributed by atoms with Gasteiger partial charge in [0.25, 0.3) is 0 Å². The molecule has 3 atom stereocenters. The average Bonchev–Trinajstić information content (AvgIpc) is 3.12. The van der Waals surface area contributed by atoms with E-state index in [1.54, 1.807) is 81.4 Å². The molecule has 6 N–H and O–H groups in total. The third kappa shape index (κ3) is 15.0. The van der Waals surface area contributed by atoms with E-state index < -0.39 is 66.0 Å². The van der Waals surface area contributed by atoms with Crippen molar-refractivity contribution >= 4 is 41.5 Å². The van der Waals surface area contributed by atoms with Crippen LogP contribution < -0.4 is 27.0 Å². The number of carbonyl (C=O) groups excluding carboxylic acids is 6. The fourth-order valence-corrected chi connectivity index (χ4v) is 5.36. The number of nitrogens with one attached hydrogen (secondary N) is 4. The van der Waals surface area contributed by atoms with Gasteiger partial charge in [-0.1, -0.05) is 78.9 Å². The minimum absolute atomic E-state index is 0.0660. The van der Waals surface area contributed by atoms with E-state index in [2.05, 4.69) is 21.3 Å². The summed E-state index contributed by atoms with van der Waals surface area (Å²) in [5.74, 6) is -3.09. The van der Waals surface area contributed by atoms with Gasteiger partial charge in [-0.25, -0.2) is 9.59 Å². The van der Waals surface area contributed by atoms with Gasteiger partial charge in [-0.05, 0) is 69.7 Å². The van der Waals surface area contributed by atoms with Crippen LogP contribution in [0.25, 0.3) is 0 Å². The minimum Gasteiger partial charge on any atom is -0.461 e. The lowest BCUT2D eigenvalue weighted by Crippen LogP contribution is -2.57. The topological polar surface area (TPSA) is 198 Å². The van der Waals surface area contributed by atoms with Gasteiger partial charge < -0.3 is 41.4 Å². The fraction of sp³-hybridized carbons (Fsp3) is 0.400. The Bertz CT molecular complexity index is 1710. The summed E-state index contributed by atoms with van der Waals surface area (Å²) >= 11 is 0. The zero-order valence-corrected chi connectivity index (χ0v) is 31.6. The first kappa shape index (κ1) is 42.5. The first-order valence-electron chi connectivity index (χ1n) is 17.8. The molecule has 0 radical (unpaired) electrons. The number of unbranched alkanes of at least 4 members (excludes halogenated alkanes) is 1. The number of esters is 1. The zero-order valence-electron chi connectivity index (χ0n) is 31.6. The van der Waals surface area contributed by atoms with Crippen LogP contribution in [0, 0.1) is 6.92 Å². The van der Waals surface area contributed by atoms with Crippen molar-refractivity contribution in [3.05, 3.63) is 102 Å². The molecular formula is C40H52N6O8. The summed E-state index contributed by atoms with van der Waals surface area (Å²) in [6, 6.07) is 21.0. The van der Waals surface area contributed by atoms with Gasteiger partial charge in [0, 0.05) is 25.7 Å². The van der Waals surface area contributed by atoms with Crippen molar-refractivity contribution in [3.63, 3.8) is 0 Å². The highest BCUT2D eigenvalue weighted by Crippen LogP contribution is 2.15. The monoisotopic (exact) mass is 744 g/mol. The van der Waals surface area contributed by atoms with Gasteiger partial charge in [0.15, 0.2) is 0 Å². The molecule has 3 rings (SSSR count). The zero-order chi connectivity index (χ0) is 39.7. The van der Waals surface area contributed by atoms with Gasteiger partial charge in [0.05, 0.1) is 6.42 Å². The van der Waals surface area contributed by atoms with Crippen LogP contribution in [0.3, 0.4) is 0 Å². The van der Waals surface area contributed by atoms with Gasteiger partial charge in [-0.3, -0.25) is 19.2 Å². The number of benzene rings is 3.